The highest BCUT2D eigenvalue weighted by Crippen LogP contribution is 2.23. The predicted octanol–water partition coefficient (Wildman–Crippen LogP) is 2.93. The second-order valence-electron chi connectivity index (χ2n) is 3.59. The minimum atomic E-state index is -0.265. The smallest absolute Gasteiger partial charge is 0.273 e. The van der Waals surface area contributed by atoms with Crippen LogP contribution >= 0.6 is 22.9 Å². The maximum absolute atomic E-state index is 11.9. The quantitative estimate of drug-likeness (QED) is 0.757. The Morgan fingerprint density at radius 3 is 3.06 bits per heavy atom. The average molecular weight is 279 g/mol. The third-order valence-corrected chi connectivity index (χ3v) is 3.35. The lowest BCUT2D eigenvalue weighted by molar-refractivity contribution is 0.102. The molecule has 0 atom stereocenters. The zero-order valence-electron chi connectivity index (χ0n) is 8.98. The molecule has 2 heterocycles. The Labute approximate surface area is 111 Å². The Kier molecular flexibility index (Phi) is 2.73. The summed E-state index contributed by atoms with van der Waals surface area (Å²) in [6, 6.07) is 7.24. The van der Waals surface area contributed by atoms with Crippen LogP contribution in [-0.2, 0) is 0 Å². The zero-order chi connectivity index (χ0) is 12.5. The van der Waals surface area contributed by atoms with Crippen molar-refractivity contribution in [2.45, 2.75) is 0 Å². The van der Waals surface area contributed by atoms with E-state index in [2.05, 4.69) is 20.5 Å². The Balaban J connectivity index is 1.94. The lowest BCUT2D eigenvalue weighted by atomic mass is 10.2. The summed E-state index contributed by atoms with van der Waals surface area (Å²) >= 11 is 7.30. The number of rotatable bonds is 2. The summed E-state index contributed by atoms with van der Waals surface area (Å²) in [4.78, 5) is 14.9. The molecule has 0 bridgehead atoms. The fraction of sp³-hybridized carbons (Fsp3) is 0. The number of nitrogens with zero attached hydrogens (tertiary/aromatic N) is 2. The first kappa shape index (κ1) is 11.2. The molecule has 0 fully saturated rings. The molecule has 0 unspecified atom stereocenters. The standard InChI is InChI=1S/C11H7ClN4OS/c12-7-3-1-2-6-4-8(14-9(6)7)10(17)15-11-16-13-5-18-11/h1-5,14H,(H,15,16,17). The van der Waals surface area contributed by atoms with E-state index in [1.165, 1.54) is 11.3 Å². The Bertz CT molecular complexity index is 707. The van der Waals surface area contributed by atoms with E-state index in [1.807, 2.05) is 12.1 Å². The highest BCUT2D eigenvalue weighted by atomic mass is 35.5. The van der Waals surface area contributed by atoms with Crippen molar-refractivity contribution in [3.05, 3.63) is 40.5 Å². The number of halogens is 1. The van der Waals surface area contributed by atoms with Crippen molar-refractivity contribution in [2.75, 3.05) is 5.32 Å². The van der Waals surface area contributed by atoms with Gasteiger partial charge in [0.2, 0.25) is 5.13 Å². The molecule has 2 aromatic heterocycles. The van der Waals surface area contributed by atoms with Crippen molar-refractivity contribution in [3.8, 4) is 0 Å². The van der Waals surface area contributed by atoms with Crippen LogP contribution in [-0.4, -0.2) is 21.1 Å². The van der Waals surface area contributed by atoms with E-state index >= 15 is 0 Å². The molecule has 18 heavy (non-hydrogen) atoms. The van der Waals surface area contributed by atoms with Gasteiger partial charge in [0, 0.05) is 5.39 Å². The van der Waals surface area contributed by atoms with Crippen molar-refractivity contribution < 1.29 is 4.79 Å². The number of amides is 1. The van der Waals surface area contributed by atoms with Crippen LogP contribution in [0.5, 0.6) is 0 Å². The largest absolute Gasteiger partial charge is 0.349 e. The molecule has 3 rings (SSSR count). The van der Waals surface area contributed by atoms with Crippen molar-refractivity contribution in [1.82, 2.24) is 15.2 Å². The van der Waals surface area contributed by atoms with Gasteiger partial charge in [0.25, 0.3) is 5.91 Å². The molecule has 0 saturated carbocycles. The molecular formula is C11H7ClN4OS. The van der Waals surface area contributed by atoms with Crippen LogP contribution in [0.4, 0.5) is 5.13 Å². The molecule has 0 radical (unpaired) electrons. The van der Waals surface area contributed by atoms with E-state index in [4.69, 9.17) is 11.6 Å². The van der Waals surface area contributed by atoms with Crippen molar-refractivity contribution in [2.24, 2.45) is 0 Å². The molecule has 1 amide bonds. The molecule has 0 aliphatic rings. The summed E-state index contributed by atoms with van der Waals surface area (Å²) in [7, 11) is 0. The predicted molar refractivity (Wildman–Crippen MR) is 71.2 cm³/mol. The van der Waals surface area contributed by atoms with Crippen molar-refractivity contribution in [3.63, 3.8) is 0 Å². The minimum Gasteiger partial charge on any atom is -0.349 e. The van der Waals surface area contributed by atoms with E-state index in [0.717, 1.165) is 10.9 Å². The molecule has 0 aliphatic heterocycles. The molecule has 90 valence electrons. The van der Waals surface area contributed by atoms with Gasteiger partial charge in [0.1, 0.15) is 11.2 Å². The van der Waals surface area contributed by atoms with E-state index in [9.17, 15) is 4.79 Å². The number of benzene rings is 1. The number of hydrogen-bond acceptors (Lipinski definition) is 4. The summed E-state index contributed by atoms with van der Waals surface area (Å²) in [6.07, 6.45) is 0. The van der Waals surface area contributed by atoms with Gasteiger partial charge in [-0.25, -0.2) is 0 Å². The number of aromatic nitrogens is 3. The lowest BCUT2D eigenvalue weighted by Crippen LogP contribution is -2.11. The van der Waals surface area contributed by atoms with E-state index in [1.54, 1.807) is 17.6 Å². The highest BCUT2D eigenvalue weighted by Gasteiger charge is 2.12. The second-order valence-corrected chi connectivity index (χ2v) is 4.83. The number of nitrogens with one attached hydrogen (secondary N) is 2. The van der Waals surface area contributed by atoms with Gasteiger partial charge >= 0.3 is 0 Å². The van der Waals surface area contributed by atoms with Crippen LogP contribution in [0, 0.1) is 0 Å². The molecule has 0 spiro atoms. The molecule has 7 heteroatoms. The van der Waals surface area contributed by atoms with Crippen molar-refractivity contribution >= 4 is 44.9 Å². The van der Waals surface area contributed by atoms with E-state index in [0.29, 0.717) is 15.8 Å². The topological polar surface area (TPSA) is 70.7 Å². The Morgan fingerprint density at radius 1 is 1.44 bits per heavy atom. The number of anilines is 1. The van der Waals surface area contributed by atoms with Gasteiger partial charge in [-0.05, 0) is 12.1 Å². The monoisotopic (exact) mass is 278 g/mol. The van der Waals surface area contributed by atoms with Crippen LogP contribution in [0.2, 0.25) is 5.02 Å². The fourth-order valence-corrected chi connectivity index (χ4v) is 2.30. The SMILES string of the molecule is O=C(Nc1nncs1)c1cc2cccc(Cl)c2[nH]1. The highest BCUT2D eigenvalue weighted by molar-refractivity contribution is 7.13. The zero-order valence-corrected chi connectivity index (χ0v) is 10.5. The van der Waals surface area contributed by atoms with Crippen LogP contribution in [0.15, 0.2) is 29.8 Å². The molecule has 5 nitrogen and oxygen atoms in total. The van der Waals surface area contributed by atoms with Gasteiger partial charge in [-0.3, -0.25) is 10.1 Å². The van der Waals surface area contributed by atoms with Crippen LogP contribution < -0.4 is 5.32 Å². The molecule has 0 aliphatic carbocycles. The summed E-state index contributed by atoms with van der Waals surface area (Å²) in [5, 5.41) is 12.0. The normalized spacial score (nSPS) is 10.7. The van der Waals surface area contributed by atoms with Crippen LogP contribution in [0.25, 0.3) is 10.9 Å². The first-order valence-electron chi connectivity index (χ1n) is 5.09. The molecule has 0 saturated heterocycles. The molecular weight excluding hydrogens is 272 g/mol. The number of fused-ring (bicyclic) bond motifs is 1. The average Bonchev–Trinajstić information content (AvgIpc) is 2.97. The van der Waals surface area contributed by atoms with Gasteiger partial charge < -0.3 is 4.98 Å². The van der Waals surface area contributed by atoms with E-state index < -0.39 is 0 Å². The molecule has 1 aromatic carbocycles. The number of para-hydroxylation sites is 1. The molecule has 2 N–H and O–H groups in total. The van der Waals surface area contributed by atoms with Crippen LogP contribution in [0.3, 0.4) is 0 Å². The first-order valence-corrected chi connectivity index (χ1v) is 6.34. The first-order chi connectivity index (χ1) is 8.74. The third kappa shape index (κ3) is 1.96. The summed E-state index contributed by atoms with van der Waals surface area (Å²) in [5.41, 5.74) is 2.74. The van der Waals surface area contributed by atoms with Gasteiger partial charge in [0.15, 0.2) is 0 Å². The second kappa shape index (κ2) is 4.40. The van der Waals surface area contributed by atoms with Crippen LogP contribution in [0.1, 0.15) is 10.5 Å². The molecule has 3 aromatic rings. The van der Waals surface area contributed by atoms with Gasteiger partial charge in [-0.2, -0.15) is 0 Å². The number of H-pyrrole nitrogens is 1. The minimum absolute atomic E-state index is 0.265. The number of carbonyl (C=O) groups excluding carboxylic acids is 1. The third-order valence-electron chi connectivity index (χ3n) is 2.43. The summed E-state index contributed by atoms with van der Waals surface area (Å²) < 4.78 is 0. The van der Waals surface area contributed by atoms with E-state index in [-0.39, 0.29) is 5.91 Å². The fourth-order valence-electron chi connectivity index (χ4n) is 1.63. The number of hydrogen-bond donors (Lipinski definition) is 2. The summed E-state index contributed by atoms with van der Waals surface area (Å²) in [5.74, 6) is -0.265. The van der Waals surface area contributed by atoms with Crippen molar-refractivity contribution in [1.29, 1.82) is 0 Å². The lowest BCUT2D eigenvalue weighted by Gasteiger charge is -1.97. The number of aromatic amines is 1. The Morgan fingerprint density at radius 2 is 2.33 bits per heavy atom. The van der Waals surface area contributed by atoms with Gasteiger partial charge in [0.05, 0.1) is 10.5 Å². The van der Waals surface area contributed by atoms with Gasteiger partial charge in [-0.1, -0.05) is 35.1 Å². The maximum atomic E-state index is 11.9. The summed E-state index contributed by atoms with van der Waals surface area (Å²) in [6.45, 7) is 0. The maximum Gasteiger partial charge on any atom is 0.273 e. The Hall–Kier alpha value is -1.92. The van der Waals surface area contributed by atoms with Gasteiger partial charge in [-0.15, -0.1) is 10.2 Å². The number of carbonyl (C=O) groups is 1.